The minimum atomic E-state index is -0.680. The molecule has 1 aliphatic carbocycles. The van der Waals surface area contributed by atoms with Gasteiger partial charge in [0.2, 0.25) is 5.91 Å². The average Bonchev–Trinajstić information content (AvgIpc) is 2.48. The maximum atomic E-state index is 11.1. The van der Waals surface area contributed by atoms with Gasteiger partial charge in [-0.25, -0.2) is 0 Å². The number of hydrogen-bond acceptors (Lipinski definition) is 4. The fourth-order valence-corrected chi connectivity index (χ4v) is 2.66. The maximum Gasteiger partial charge on any atom is 0.234 e. The van der Waals surface area contributed by atoms with Crippen molar-refractivity contribution in [2.75, 3.05) is 7.11 Å². The summed E-state index contributed by atoms with van der Waals surface area (Å²) in [4.78, 5) is 11.1. The van der Waals surface area contributed by atoms with Gasteiger partial charge in [-0.3, -0.25) is 4.79 Å². The molecule has 1 saturated carbocycles. The third-order valence-electron chi connectivity index (χ3n) is 3.89. The van der Waals surface area contributed by atoms with E-state index in [0.29, 0.717) is 12.2 Å². The van der Waals surface area contributed by atoms with Crippen molar-refractivity contribution in [3.8, 4) is 11.5 Å². The van der Waals surface area contributed by atoms with Crippen LogP contribution < -0.4 is 20.9 Å². The van der Waals surface area contributed by atoms with E-state index in [-0.39, 0.29) is 6.10 Å². The van der Waals surface area contributed by atoms with Gasteiger partial charge < -0.3 is 20.9 Å². The van der Waals surface area contributed by atoms with E-state index >= 15 is 0 Å². The summed E-state index contributed by atoms with van der Waals surface area (Å²) in [6.45, 7) is 0. The second-order valence-corrected chi connectivity index (χ2v) is 5.58. The molecule has 1 amide bonds. The van der Waals surface area contributed by atoms with E-state index in [4.69, 9.17) is 20.9 Å². The van der Waals surface area contributed by atoms with Crippen LogP contribution in [0.5, 0.6) is 11.5 Å². The third kappa shape index (κ3) is 4.36. The van der Waals surface area contributed by atoms with Crippen molar-refractivity contribution in [1.29, 1.82) is 0 Å². The van der Waals surface area contributed by atoms with Crippen molar-refractivity contribution < 1.29 is 14.3 Å². The molecule has 0 aromatic heterocycles. The van der Waals surface area contributed by atoms with Crippen molar-refractivity contribution in [3.05, 3.63) is 23.8 Å². The Balaban J connectivity index is 2.11. The van der Waals surface area contributed by atoms with Crippen molar-refractivity contribution >= 4 is 5.91 Å². The summed E-state index contributed by atoms with van der Waals surface area (Å²) in [6.07, 6.45) is 6.50. The molecular weight excluding hydrogens is 268 g/mol. The molecule has 5 nitrogen and oxygen atoms in total. The highest BCUT2D eigenvalue weighted by atomic mass is 16.5. The van der Waals surface area contributed by atoms with Crippen molar-refractivity contribution in [1.82, 2.24) is 0 Å². The van der Waals surface area contributed by atoms with Gasteiger partial charge in [0, 0.05) is 0 Å². The molecule has 0 saturated heterocycles. The summed E-state index contributed by atoms with van der Waals surface area (Å²) in [6, 6.07) is 4.95. The first kappa shape index (κ1) is 15.6. The molecule has 1 atom stereocenters. The molecular formula is C16H24N2O3. The first-order valence-electron chi connectivity index (χ1n) is 7.48. The number of amides is 1. The van der Waals surface area contributed by atoms with Crippen molar-refractivity contribution in [2.45, 2.75) is 50.7 Å². The van der Waals surface area contributed by atoms with Crippen LogP contribution in [0.3, 0.4) is 0 Å². The molecule has 0 heterocycles. The van der Waals surface area contributed by atoms with Gasteiger partial charge in [0.15, 0.2) is 11.5 Å². The molecule has 1 aromatic rings. The number of primary amides is 1. The number of benzene rings is 1. The van der Waals surface area contributed by atoms with Crippen LogP contribution in [0.25, 0.3) is 0 Å². The fraction of sp³-hybridized carbons (Fsp3) is 0.562. The van der Waals surface area contributed by atoms with Gasteiger partial charge >= 0.3 is 0 Å². The number of hydrogen-bond donors (Lipinski definition) is 2. The van der Waals surface area contributed by atoms with Gasteiger partial charge in [0.25, 0.3) is 0 Å². The van der Waals surface area contributed by atoms with Gasteiger partial charge in [-0.1, -0.05) is 12.5 Å². The lowest BCUT2D eigenvalue weighted by Crippen LogP contribution is -2.38. The molecule has 1 aromatic carbocycles. The highest BCUT2D eigenvalue weighted by molar-refractivity contribution is 5.79. The number of rotatable bonds is 6. The Hall–Kier alpha value is -1.75. The van der Waals surface area contributed by atoms with Crippen molar-refractivity contribution in [2.24, 2.45) is 11.5 Å². The molecule has 2 rings (SSSR count). The minimum Gasteiger partial charge on any atom is -0.493 e. The van der Waals surface area contributed by atoms with E-state index in [2.05, 4.69) is 0 Å². The van der Waals surface area contributed by atoms with Crippen LogP contribution in [-0.2, 0) is 11.2 Å². The molecule has 5 heteroatoms. The molecule has 0 aliphatic heterocycles. The number of carbonyl (C=O) groups excluding carboxylic acids is 1. The summed E-state index contributed by atoms with van der Waals surface area (Å²) >= 11 is 0. The summed E-state index contributed by atoms with van der Waals surface area (Å²) in [7, 11) is 1.62. The minimum absolute atomic E-state index is 0.243. The smallest absolute Gasteiger partial charge is 0.234 e. The third-order valence-corrected chi connectivity index (χ3v) is 3.89. The Morgan fingerprint density at radius 1 is 1.29 bits per heavy atom. The zero-order valence-electron chi connectivity index (χ0n) is 12.5. The topological polar surface area (TPSA) is 87.6 Å². The van der Waals surface area contributed by atoms with Gasteiger partial charge in [0.1, 0.15) is 0 Å². The highest BCUT2D eigenvalue weighted by Crippen LogP contribution is 2.32. The van der Waals surface area contributed by atoms with Crippen LogP contribution in [0.2, 0.25) is 0 Å². The van der Waals surface area contributed by atoms with Crippen LogP contribution in [0.1, 0.15) is 37.7 Å². The summed E-state index contributed by atoms with van der Waals surface area (Å²) in [5.74, 6) is 0.927. The molecule has 4 N–H and O–H groups in total. The largest absolute Gasteiger partial charge is 0.493 e. The molecule has 116 valence electrons. The lowest BCUT2D eigenvalue weighted by Gasteiger charge is -2.24. The second-order valence-electron chi connectivity index (χ2n) is 5.58. The zero-order valence-corrected chi connectivity index (χ0v) is 12.5. The molecule has 21 heavy (non-hydrogen) atoms. The summed E-state index contributed by atoms with van der Waals surface area (Å²) in [5.41, 5.74) is 11.8. The second kappa shape index (κ2) is 7.31. The monoisotopic (exact) mass is 292 g/mol. The fourth-order valence-electron chi connectivity index (χ4n) is 2.66. The van der Waals surface area contributed by atoms with Crippen LogP contribution in [0.4, 0.5) is 0 Å². The average molecular weight is 292 g/mol. The summed E-state index contributed by atoms with van der Waals surface area (Å²) < 4.78 is 11.4. The highest BCUT2D eigenvalue weighted by Gasteiger charge is 2.18. The van der Waals surface area contributed by atoms with Crippen molar-refractivity contribution in [3.63, 3.8) is 0 Å². The van der Waals surface area contributed by atoms with Gasteiger partial charge in [-0.2, -0.15) is 0 Å². The Bertz CT molecular complexity index is 484. The predicted molar refractivity (Wildman–Crippen MR) is 81.4 cm³/mol. The summed E-state index contributed by atoms with van der Waals surface area (Å²) in [5, 5.41) is 0. The van der Waals surface area contributed by atoms with E-state index in [1.807, 2.05) is 18.2 Å². The Morgan fingerprint density at radius 2 is 2.00 bits per heavy atom. The first-order chi connectivity index (χ1) is 10.1. The van der Waals surface area contributed by atoms with Crippen LogP contribution in [0, 0.1) is 0 Å². The van der Waals surface area contributed by atoms with Crippen LogP contribution in [0.15, 0.2) is 18.2 Å². The van der Waals surface area contributed by atoms with E-state index < -0.39 is 11.9 Å². The van der Waals surface area contributed by atoms with E-state index in [0.717, 1.165) is 24.2 Å². The number of carbonyl (C=O) groups is 1. The maximum absolute atomic E-state index is 11.1. The van der Waals surface area contributed by atoms with Crippen LogP contribution >= 0.6 is 0 Å². The molecule has 0 spiro atoms. The number of nitrogens with two attached hydrogens (primary N) is 2. The number of ether oxygens (including phenoxy) is 2. The Morgan fingerprint density at radius 3 is 2.62 bits per heavy atom. The Kier molecular flexibility index (Phi) is 5.44. The molecule has 1 aliphatic rings. The van der Waals surface area contributed by atoms with Crippen LogP contribution in [-0.4, -0.2) is 25.2 Å². The van der Waals surface area contributed by atoms with Gasteiger partial charge in [-0.15, -0.1) is 0 Å². The predicted octanol–water partition coefficient (Wildman–Crippen LogP) is 1.76. The Labute approximate surface area is 125 Å². The first-order valence-corrected chi connectivity index (χ1v) is 7.48. The van der Waals surface area contributed by atoms with Gasteiger partial charge in [0.05, 0.1) is 19.3 Å². The molecule has 1 fully saturated rings. The molecule has 0 bridgehead atoms. The van der Waals surface area contributed by atoms with E-state index in [1.54, 1.807) is 7.11 Å². The zero-order chi connectivity index (χ0) is 15.2. The normalized spacial score (nSPS) is 17.2. The van der Waals surface area contributed by atoms with E-state index in [1.165, 1.54) is 19.3 Å². The van der Waals surface area contributed by atoms with E-state index in [9.17, 15) is 4.79 Å². The quantitative estimate of drug-likeness (QED) is 0.836. The standard InChI is InChI=1S/C16H24N2O3/c1-20-14-8-7-11(9-13(17)16(18)19)10-15(14)21-12-5-3-2-4-6-12/h7-8,10,12-13H,2-6,9,17H2,1H3,(H2,18,19). The SMILES string of the molecule is COc1ccc(CC(N)C(N)=O)cc1OC1CCCCC1. The number of methoxy groups -OCH3 is 1. The lowest BCUT2D eigenvalue weighted by molar-refractivity contribution is -0.119. The lowest BCUT2D eigenvalue weighted by atomic mass is 9.97. The van der Waals surface area contributed by atoms with Gasteiger partial charge in [-0.05, 0) is 49.8 Å². The molecule has 1 unspecified atom stereocenters. The molecule has 0 radical (unpaired) electrons.